The third-order valence-electron chi connectivity index (χ3n) is 2.17. The van der Waals surface area contributed by atoms with Crippen LogP contribution in [0.4, 0.5) is 5.69 Å². The van der Waals surface area contributed by atoms with Crippen LogP contribution in [0.3, 0.4) is 0 Å². The molecule has 0 spiro atoms. The summed E-state index contributed by atoms with van der Waals surface area (Å²) in [6.07, 6.45) is 0. The van der Waals surface area contributed by atoms with Crippen molar-refractivity contribution in [3.8, 4) is 0 Å². The topological polar surface area (TPSA) is 21.3 Å². The Hall–Kier alpha value is -0.730. The molecule has 1 aromatic carbocycles. The van der Waals surface area contributed by atoms with Gasteiger partial charge in [0.25, 0.3) is 0 Å². The van der Waals surface area contributed by atoms with Crippen molar-refractivity contribution < 1.29 is 4.74 Å². The van der Waals surface area contributed by atoms with Gasteiger partial charge in [0.15, 0.2) is 0 Å². The number of anilines is 1. The lowest BCUT2D eigenvalue weighted by atomic mass is 10.2. The molecule has 1 rings (SSSR count). The molecule has 1 N–H and O–H groups in total. The Kier molecular flexibility index (Phi) is 4.92. The lowest BCUT2D eigenvalue weighted by Crippen LogP contribution is -2.22. The minimum absolute atomic E-state index is 0.294. The molecule has 1 atom stereocenters. The molecule has 0 saturated heterocycles. The summed E-state index contributed by atoms with van der Waals surface area (Å²) in [5.41, 5.74) is 2.28. The van der Waals surface area contributed by atoms with Gasteiger partial charge in [-0.1, -0.05) is 17.7 Å². The molecule has 15 heavy (non-hydrogen) atoms. The SMILES string of the molecule is CCOCC(C)Nc1cc(Cl)ccc1C. The highest BCUT2D eigenvalue weighted by atomic mass is 35.5. The van der Waals surface area contributed by atoms with Crippen molar-refractivity contribution in [2.45, 2.75) is 26.8 Å². The number of aryl methyl sites for hydroxylation is 1. The number of benzene rings is 1. The van der Waals surface area contributed by atoms with Crippen molar-refractivity contribution in [1.29, 1.82) is 0 Å². The molecule has 1 aromatic rings. The zero-order valence-corrected chi connectivity index (χ0v) is 10.3. The van der Waals surface area contributed by atoms with Crippen molar-refractivity contribution in [3.05, 3.63) is 28.8 Å². The highest BCUT2D eigenvalue weighted by Crippen LogP contribution is 2.20. The molecular formula is C12H18ClNO. The van der Waals surface area contributed by atoms with E-state index >= 15 is 0 Å². The van der Waals surface area contributed by atoms with Gasteiger partial charge < -0.3 is 10.1 Å². The minimum Gasteiger partial charge on any atom is -0.380 e. The standard InChI is InChI=1S/C12H18ClNO/c1-4-15-8-10(3)14-12-7-11(13)6-5-9(12)2/h5-7,10,14H,4,8H2,1-3H3. The van der Waals surface area contributed by atoms with Crippen LogP contribution in [0.1, 0.15) is 19.4 Å². The van der Waals surface area contributed by atoms with E-state index in [1.165, 1.54) is 5.56 Å². The molecule has 1 unspecified atom stereocenters. The van der Waals surface area contributed by atoms with Crippen LogP contribution >= 0.6 is 11.6 Å². The van der Waals surface area contributed by atoms with E-state index in [2.05, 4.69) is 19.2 Å². The summed E-state index contributed by atoms with van der Waals surface area (Å²) in [4.78, 5) is 0. The highest BCUT2D eigenvalue weighted by molar-refractivity contribution is 6.30. The predicted octanol–water partition coefficient (Wildman–Crippen LogP) is 3.49. The fourth-order valence-electron chi connectivity index (χ4n) is 1.35. The average Bonchev–Trinajstić information content (AvgIpc) is 2.20. The van der Waals surface area contributed by atoms with Gasteiger partial charge in [0.1, 0.15) is 0 Å². The summed E-state index contributed by atoms with van der Waals surface area (Å²) < 4.78 is 5.34. The second-order valence-corrected chi connectivity index (χ2v) is 4.10. The molecule has 0 aromatic heterocycles. The Morgan fingerprint density at radius 3 is 2.87 bits per heavy atom. The smallest absolute Gasteiger partial charge is 0.0664 e. The van der Waals surface area contributed by atoms with Gasteiger partial charge >= 0.3 is 0 Å². The molecule has 0 heterocycles. The number of nitrogens with one attached hydrogen (secondary N) is 1. The van der Waals surface area contributed by atoms with Crippen LogP contribution in [-0.2, 0) is 4.74 Å². The molecule has 0 fully saturated rings. The molecular weight excluding hydrogens is 210 g/mol. The molecule has 0 amide bonds. The highest BCUT2D eigenvalue weighted by Gasteiger charge is 2.04. The molecule has 0 radical (unpaired) electrons. The molecule has 2 nitrogen and oxygen atoms in total. The zero-order valence-electron chi connectivity index (χ0n) is 9.51. The number of hydrogen-bond acceptors (Lipinski definition) is 2. The van der Waals surface area contributed by atoms with Crippen molar-refractivity contribution in [1.82, 2.24) is 0 Å². The summed E-state index contributed by atoms with van der Waals surface area (Å²) in [5.74, 6) is 0. The Morgan fingerprint density at radius 2 is 2.20 bits per heavy atom. The minimum atomic E-state index is 0.294. The molecule has 0 saturated carbocycles. The largest absolute Gasteiger partial charge is 0.380 e. The molecule has 84 valence electrons. The second kappa shape index (κ2) is 5.99. The third-order valence-corrected chi connectivity index (χ3v) is 2.41. The number of halogens is 1. The summed E-state index contributed by atoms with van der Waals surface area (Å²) >= 11 is 5.93. The van der Waals surface area contributed by atoms with Crippen LogP contribution in [-0.4, -0.2) is 19.3 Å². The number of hydrogen-bond donors (Lipinski definition) is 1. The summed E-state index contributed by atoms with van der Waals surface area (Å²) in [5, 5.41) is 4.13. The van der Waals surface area contributed by atoms with Gasteiger partial charge in [-0.3, -0.25) is 0 Å². The Balaban J connectivity index is 2.59. The van der Waals surface area contributed by atoms with E-state index in [1.54, 1.807) is 0 Å². The maximum Gasteiger partial charge on any atom is 0.0664 e. The first-order chi connectivity index (χ1) is 7.13. The number of rotatable bonds is 5. The van der Waals surface area contributed by atoms with Gasteiger partial charge in [0, 0.05) is 23.4 Å². The van der Waals surface area contributed by atoms with Gasteiger partial charge in [0.2, 0.25) is 0 Å². The lowest BCUT2D eigenvalue weighted by molar-refractivity contribution is 0.141. The van der Waals surface area contributed by atoms with Crippen molar-refractivity contribution in [3.63, 3.8) is 0 Å². The summed E-state index contributed by atoms with van der Waals surface area (Å²) in [6, 6.07) is 6.15. The van der Waals surface area contributed by atoms with E-state index in [9.17, 15) is 0 Å². The van der Waals surface area contributed by atoms with Crippen LogP contribution in [0.2, 0.25) is 5.02 Å². The Bertz CT molecular complexity index is 314. The summed E-state index contributed by atoms with van der Waals surface area (Å²) in [6.45, 7) is 7.61. The first kappa shape index (κ1) is 12.3. The molecule has 0 aliphatic carbocycles. The maximum absolute atomic E-state index is 5.93. The monoisotopic (exact) mass is 227 g/mol. The van der Waals surface area contributed by atoms with E-state index in [0.717, 1.165) is 17.3 Å². The van der Waals surface area contributed by atoms with Crippen molar-refractivity contribution >= 4 is 17.3 Å². The quantitative estimate of drug-likeness (QED) is 0.832. The van der Waals surface area contributed by atoms with Gasteiger partial charge in [-0.15, -0.1) is 0 Å². The Morgan fingerprint density at radius 1 is 1.47 bits per heavy atom. The normalized spacial score (nSPS) is 12.5. The van der Waals surface area contributed by atoms with E-state index in [-0.39, 0.29) is 0 Å². The predicted molar refractivity (Wildman–Crippen MR) is 65.8 cm³/mol. The van der Waals surface area contributed by atoms with E-state index < -0.39 is 0 Å². The molecule has 0 bridgehead atoms. The zero-order chi connectivity index (χ0) is 11.3. The van der Waals surface area contributed by atoms with Crippen LogP contribution in [0.5, 0.6) is 0 Å². The fraction of sp³-hybridized carbons (Fsp3) is 0.500. The average molecular weight is 228 g/mol. The van der Waals surface area contributed by atoms with E-state index in [4.69, 9.17) is 16.3 Å². The fourth-order valence-corrected chi connectivity index (χ4v) is 1.52. The first-order valence-electron chi connectivity index (χ1n) is 5.24. The van der Waals surface area contributed by atoms with Gasteiger partial charge in [-0.05, 0) is 38.5 Å². The van der Waals surface area contributed by atoms with Crippen molar-refractivity contribution in [2.75, 3.05) is 18.5 Å². The lowest BCUT2D eigenvalue weighted by Gasteiger charge is -2.16. The molecule has 3 heteroatoms. The van der Waals surface area contributed by atoms with Gasteiger partial charge in [-0.2, -0.15) is 0 Å². The second-order valence-electron chi connectivity index (χ2n) is 3.66. The van der Waals surface area contributed by atoms with Crippen LogP contribution < -0.4 is 5.32 Å². The Labute approximate surface area is 96.6 Å². The van der Waals surface area contributed by atoms with E-state index in [0.29, 0.717) is 12.6 Å². The number of ether oxygens (including phenoxy) is 1. The van der Waals surface area contributed by atoms with E-state index in [1.807, 2.05) is 25.1 Å². The van der Waals surface area contributed by atoms with Gasteiger partial charge in [0.05, 0.1) is 6.61 Å². The summed E-state index contributed by atoms with van der Waals surface area (Å²) in [7, 11) is 0. The van der Waals surface area contributed by atoms with Crippen LogP contribution in [0.25, 0.3) is 0 Å². The van der Waals surface area contributed by atoms with Gasteiger partial charge in [-0.25, -0.2) is 0 Å². The molecule has 0 aliphatic heterocycles. The maximum atomic E-state index is 5.93. The van der Waals surface area contributed by atoms with Crippen LogP contribution in [0.15, 0.2) is 18.2 Å². The van der Waals surface area contributed by atoms with Crippen LogP contribution in [0, 0.1) is 6.92 Å². The van der Waals surface area contributed by atoms with Crippen molar-refractivity contribution in [2.24, 2.45) is 0 Å². The first-order valence-corrected chi connectivity index (χ1v) is 5.61. The third kappa shape index (κ3) is 4.10. The molecule has 0 aliphatic rings.